The maximum absolute atomic E-state index is 12.3. The van der Waals surface area contributed by atoms with E-state index in [1.807, 2.05) is 13.0 Å². The number of sulfonamides is 1. The van der Waals surface area contributed by atoms with Crippen LogP contribution in [0.2, 0.25) is 0 Å². The van der Waals surface area contributed by atoms with Gasteiger partial charge < -0.3 is 5.73 Å². The summed E-state index contributed by atoms with van der Waals surface area (Å²) in [6.07, 6.45) is 4.60. The largest absolute Gasteiger partial charge is 0.330 e. The summed E-state index contributed by atoms with van der Waals surface area (Å²) in [6.45, 7) is 2.59. The van der Waals surface area contributed by atoms with Gasteiger partial charge in [0.05, 0.1) is 0 Å². The fourth-order valence-corrected chi connectivity index (χ4v) is 5.15. The fraction of sp³-hybridized carbons (Fsp3) is 0.667. The van der Waals surface area contributed by atoms with Crippen molar-refractivity contribution in [2.45, 2.75) is 48.8 Å². The van der Waals surface area contributed by atoms with E-state index in [2.05, 4.69) is 4.72 Å². The third kappa shape index (κ3) is 2.77. The maximum atomic E-state index is 12.3. The quantitative estimate of drug-likeness (QED) is 0.839. The molecule has 4 nitrogen and oxygen atoms in total. The molecule has 1 aromatic heterocycles. The van der Waals surface area contributed by atoms with Crippen LogP contribution >= 0.6 is 11.3 Å². The molecule has 1 aromatic rings. The zero-order valence-electron chi connectivity index (χ0n) is 10.6. The monoisotopic (exact) mass is 288 g/mol. The highest BCUT2D eigenvalue weighted by atomic mass is 32.2. The van der Waals surface area contributed by atoms with Crippen molar-refractivity contribution in [2.75, 3.05) is 6.54 Å². The Kier molecular flexibility index (Phi) is 4.11. The van der Waals surface area contributed by atoms with Crippen molar-refractivity contribution < 1.29 is 8.42 Å². The first-order valence-electron chi connectivity index (χ1n) is 6.34. The molecule has 0 aliphatic heterocycles. The first-order valence-corrected chi connectivity index (χ1v) is 8.64. The second kappa shape index (κ2) is 5.28. The molecule has 18 heavy (non-hydrogen) atoms. The molecule has 0 unspecified atom stereocenters. The molecule has 0 radical (unpaired) electrons. The van der Waals surface area contributed by atoms with Gasteiger partial charge in [-0.05, 0) is 50.8 Å². The molecule has 0 spiro atoms. The maximum Gasteiger partial charge on any atom is 0.250 e. The zero-order chi connectivity index (χ0) is 13.2. The van der Waals surface area contributed by atoms with Crippen LogP contribution in [0, 0.1) is 0 Å². The van der Waals surface area contributed by atoms with Gasteiger partial charge in [0.1, 0.15) is 4.21 Å². The highest BCUT2D eigenvalue weighted by Crippen LogP contribution is 2.36. The van der Waals surface area contributed by atoms with E-state index in [-0.39, 0.29) is 5.54 Å². The van der Waals surface area contributed by atoms with Gasteiger partial charge in [-0.3, -0.25) is 0 Å². The number of rotatable bonds is 6. The Hall–Kier alpha value is -0.430. The zero-order valence-corrected chi connectivity index (χ0v) is 12.2. The van der Waals surface area contributed by atoms with Crippen molar-refractivity contribution in [1.82, 2.24) is 4.72 Å². The van der Waals surface area contributed by atoms with Gasteiger partial charge in [0.25, 0.3) is 10.0 Å². The van der Waals surface area contributed by atoms with Gasteiger partial charge in [-0.15, -0.1) is 11.3 Å². The number of nitrogens with two attached hydrogens (primary N) is 1. The lowest BCUT2D eigenvalue weighted by molar-refractivity contribution is 0.214. The molecule has 0 saturated heterocycles. The van der Waals surface area contributed by atoms with Crippen LogP contribution in [0.25, 0.3) is 0 Å². The Morgan fingerprint density at radius 1 is 1.44 bits per heavy atom. The molecule has 1 aliphatic rings. The number of hydrogen-bond acceptors (Lipinski definition) is 4. The van der Waals surface area contributed by atoms with Crippen LogP contribution in [0.5, 0.6) is 0 Å². The average Bonchev–Trinajstić information content (AvgIpc) is 2.73. The van der Waals surface area contributed by atoms with Crippen molar-refractivity contribution in [3.8, 4) is 0 Å². The third-order valence-corrected chi connectivity index (χ3v) is 6.85. The highest BCUT2D eigenvalue weighted by molar-refractivity contribution is 7.91. The van der Waals surface area contributed by atoms with Gasteiger partial charge in [-0.25, -0.2) is 13.1 Å². The Bertz CT molecular complexity index is 498. The minimum atomic E-state index is -3.36. The summed E-state index contributed by atoms with van der Waals surface area (Å²) in [5.41, 5.74) is 5.28. The summed E-state index contributed by atoms with van der Waals surface area (Å²) in [5, 5.41) is 0. The summed E-state index contributed by atoms with van der Waals surface area (Å²) >= 11 is 1.32. The normalized spacial score (nSPS) is 18.6. The van der Waals surface area contributed by atoms with E-state index in [0.29, 0.717) is 10.8 Å². The molecule has 0 aromatic carbocycles. The molecular formula is C12H20N2O2S2. The topological polar surface area (TPSA) is 72.2 Å². The Morgan fingerprint density at radius 2 is 2.17 bits per heavy atom. The van der Waals surface area contributed by atoms with E-state index in [1.54, 1.807) is 6.07 Å². The number of thiophene rings is 1. The standard InChI is InChI=1S/C12H20N2O2S2/c1-2-12(7-3-8-12)14-18(15,16)11-5-4-10(17-11)6-9-13/h4-5,14H,2-3,6-9,13H2,1H3. The third-order valence-electron chi connectivity index (χ3n) is 3.63. The lowest BCUT2D eigenvalue weighted by Crippen LogP contribution is -2.52. The molecule has 0 atom stereocenters. The molecule has 0 amide bonds. The summed E-state index contributed by atoms with van der Waals surface area (Å²) in [6, 6.07) is 3.53. The Morgan fingerprint density at radius 3 is 2.67 bits per heavy atom. The first-order chi connectivity index (χ1) is 8.51. The highest BCUT2D eigenvalue weighted by Gasteiger charge is 2.39. The van der Waals surface area contributed by atoms with Gasteiger partial charge in [0.2, 0.25) is 0 Å². The van der Waals surface area contributed by atoms with Gasteiger partial charge in [0, 0.05) is 10.4 Å². The summed E-state index contributed by atoms with van der Waals surface area (Å²) in [4.78, 5) is 1.03. The van der Waals surface area contributed by atoms with Crippen LogP contribution in [0.1, 0.15) is 37.5 Å². The van der Waals surface area contributed by atoms with E-state index >= 15 is 0 Å². The molecule has 3 N–H and O–H groups in total. The van der Waals surface area contributed by atoms with Crippen LogP contribution in [-0.4, -0.2) is 20.5 Å². The first kappa shape index (κ1) is 14.0. The van der Waals surface area contributed by atoms with Crippen LogP contribution < -0.4 is 10.5 Å². The molecule has 2 rings (SSSR count). The minimum absolute atomic E-state index is 0.198. The second-order valence-corrected chi connectivity index (χ2v) is 7.93. The predicted octanol–water partition coefficient (Wildman–Crippen LogP) is 1.86. The van der Waals surface area contributed by atoms with E-state index in [0.717, 1.165) is 37.0 Å². The van der Waals surface area contributed by atoms with Crippen LogP contribution in [-0.2, 0) is 16.4 Å². The lowest BCUT2D eigenvalue weighted by atomic mass is 9.76. The van der Waals surface area contributed by atoms with Crippen molar-refractivity contribution in [3.63, 3.8) is 0 Å². The number of nitrogens with one attached hydrogen (secondary N) is 1. The van der Waals surface area contributed by atoms with Crippen molar-refractivity contribution in [2.24, 2.45) is 5.73 Å². The van der Waals surface area contributed by atoms with Gasteiger partial charge in [-0.1, -0.05) is 6.92 Å². The smallest absolute Gasteiger partial charge is 0.250 e. The molecule has 0 bridgehead atoms. The molecule has 1 fully saturated rings. The molecule has 1 saturated carbocycles. The summed E-state index contributed by atoms with van der Waals surface area (Å²) in [7, 11) is -3.36. The van der Waals surface area contributed by atoms with Crippen molar-refractivity contribution in [3.05, 3.63) is 17.0 Å². The van der Waals surface area contributed by atoms with Crippen molar-refractivity contribution in [1.29, 1.82) is 0 Å². The van der Waals surface area contributed by atoms with Gasteiger partial charge >= 0.3 is 0 Å². The molecule has 1 heterocycles. The fourth-order valence-electron chi connectivity index (χ4n) is 2.25. The van der Waals surface area contributed by atoms with Gasteiger partial charge in [-0.2, -0.15) is 0 Å². The van der Waals surface area contributed by atoms with Crippen LogP contribution in [0.15, 0.2) is 16.3 Å². The Balaban J connectivity index is 2.14. The molecular weight excluding hydrogens is 268 g/mol. The van der Waals surface area contributed by atoms with Gasteiger partial charge in [0.15, 0.2) is 0 Å². The summed E-state index contributed by atoms with van der Waals surface area (Å²) < 4.78 is 27.9. The minimum Gasteiger partial charge on any atom is -0.330 e. The molecule has 1 aliphatic carbocycles. The number of hydrogen-bond donors (Lipinski definition) is 2. The van der Waals surface area contributed by atoms with E-state index < -0.39 is 10.0 Å². The van der Waals surface area contributed by atoms with E-state index in [4.69, 9.17) is 5.73 Å². The van der Waals surface area contributed by atoms with Crippen molar-refractivity contribution >= 4 is 21.4 Å². The Labute approximate surface area is 113 Å². The predicted molar refractivity (Wildman–Crippen MR) is 74.3 cm³/mol. The average molecular weight is 288 g/mol. The van der Waals surface area contributed by atoms with Crippen LogP contribution in [0.4, 0.5) is 0 Å². The van der Waals surface area contributed by atoms with E-state index in [1.165, 1.54) is 11.3 Å². The lowest BCUT2D eigenvalue weighted by Gasteiger charge is -2.41. The molecule has 6 heteroatoms. The molecule has 102 valence electrons. The second-order valence-electron chi connectivity index (χ2n) is 4.85. The summed E-state index contributed by atoms with van der Waals surface area (Å²) in [5.74, 6) is 0. The SMILES string of the molecule is CCC1(NS(=O)(=O)c2ccc(CCN)s2)CCC1. The van der Waals surface area contributed by atoms with E-state index in [9.17, 15) is 8.42 Å². The van der Waals surface area contributed by atoms with Crippen LogP contribution in [0.3, 0.4) is 0 Å².